The van der Waals surface area contributed by atoms with E-state index in [1.54, 1.807) is 0 Å². The first kappa shape index (κ1) is 11.0. The van der Waals surface area contributed by atoms with E-state index in [0.29, 0.717) is 12.1 Å². The molecule has 2 atom stereocenters. The van der Waals surface area contributed by atoms with Gasteiger partial charge >= 0.3 is 0 Å². The van der Waals surface area contributed by atoms with Crippen LogP contribution in [0.25, 0.3) is 0 Å². The van der Waals surface area contributed by atoms with Crippen molar-refractivity contribution in [3.8, 4) is 0 Å². The molecule has 0 saturated carbocycles. The lowest BCUT2D eigenvalue weighted by molar-refractivity contribution is -0.155. The summed E-state index contributed by atoms with van der Waals surface area (Å²) < 4.78 is 10.8. The molecule has 78 valence electrons. The summed E-state index contributed by atoms with van der Waals surface area (Å²) in [6, 6.07) is 0.431. The minimum atomic E-state index is 0.278. The van der Waals surface area contributed by atoms with Gasteiger partial charge in [-0.3, -0.25) is 0 Å². The van der Waals surface area contributed by atoms with Crippen molar-refractivity contribution in [1.29, 1.82) is 0 Å². The molecule has 0 radical (unpaired) electrons. The fraction of sp³-hybridized carbons (Fsp3) is 1.00. The van der Waals surface area contributed by atoms with E-state index in [-0.39, 0.29) is 6.10 Å². The largest absolute Gasteiger partial charge is 0.376 e. The second-order valence-electron chi connectivity index (χ2n) is 3.74. The van der Waals surface area contributed by atoms with Crippen molar-refractivity contribution in [3.63, 3.8) is 0 Å². The van der Waals surface area contributed by atoms with Crippen molar-refractivity contribution < 1.29 is 9.47 Å². The predicted molar refractivity (Wildman–Crippen MR) is 52.9 cm³/mol. The van der Waals surface area contributed by atoms with Crippen LogP contribution in [0.4, 0.5) is 0 Å². The average molecular weight is 187 g/mol. The van der Waals surface area contributed by atoms with E-state index in [0.717, 1.165) is 19.8 Å². The number of ether oxygens (including phenoxy) is 2. The summed E-state index contributed by atoms with van der Waals surface area (Å²) in [6.07, 6.45) is 1.78. The molecule has 2 unspecified atom stereocenters. The van der Waals surface area contributed by atoms with Gasteiger partial charge in [0.05, 0.1) is 19.3 Å². The van der Waals surface area contributed by atoms with Crippen molar-refractivity contribution in [3.05, 3.63) is 0 Å². The third-order valence-electron chi connectivity index (χ3n) is 2.44. The van der Waals surface area contributed by atoms with Gasteiger partial charge < -0.3 is 14.8 Å². The fourth-order valence-corrected chi connectivity index (χ4v) is 1.25. The Morgan fingerprint density at radius 1 is 1.46 bits per heavy atom. The molecule has 0 aliphatic carbocycles. The number of nitrogens with one attached hydrogen (secondary N) is 1. The normalized spacial score (nSPS) is 22.4. The van der Waals surface area contributed by atoms with Crippen LogP contribution >= 0.6 is 0 Å². The third kappa shape index (κ3) is 3.63. The molecule has 0 aromatic heterocycles. The van der Waals surface area contributed by atoms with Crippen LogP contribution in [0.1, 0.15) is 27.2 Å². The maximum atomic E-state index is 5.76. The van der Waals surface area contributed by atoms with E-state index in [1.165, 1.54) is 6.42 Å². The van der Waals surface area contributed by atoms with Crippen LogP contribution in [0, 0.1) is 0 Å². The van der Waals surface area contributed by atoms with Crippen LogP contribution in [-0.2, 0) is 9.47 Å². The molecule has 1 aliphatic rings. The summed E-state index contributed by atoms with van der Waals surface area (Å²) in [5, 5.41) is 3.42. The maximum Gasteiger partial charge on any atom is 0.105 e. The monoisotopic (exact) mass is 187 g/mol. The van der Waals surface area contributed by atoms with Crippen molar-refractivity contribution in [2.75, 3.05) is 19.8 Å². The van der Waals surface area contributed by atoms with Crippen LogP contribution < -0.4 is 5.32 Å². The Morgan fingerprint density at radius 3 is 2.62 bits per heavy atom. The van der Waals surface area contributed by atoms with Crippen LogP contribution in [0.2, 0.25) is 0 Å². The van der Waals surface area contributed by atoms with Gasteiger partial charge in [-0.2, -0.15) is 0 Å². The smallest absolute Gasteiger partial charge is 0.105 e. The van der Waals surface area contributed by atoms with Crippen molar-refractivity contribution in [2.45, 2.75) is 45.4 Å². The first-order chi connectivity index (χ1) is 6.24. The van der Waals surface area contributed by atoms with Gasteiger partial charge in [-0.15, -0.1) is 0 Å². The lowest BCUT2D eigenvalue weighted by Crippen LogP contribution is -2.45. The predicted octanol–water partition coefficient (Wildman–Crippen LogP) is 1.18. The molecular formula is C10H21NO2. The summed E-state index contributed by atoms with van der Waals surface area (Å²) in [6.45, 7) is 9.06. The topological polar surface area (TPSA) is 30.5 Å². The molecule has 0 aromatic rings. The Kier molecular flexibility index (Phi) is 4.70. The van der Waals surface area contributed by atoms with Crippen LogP contribution in [-0.4, -0.2) is 38.0 Å². The Bertz CT molecular complexity index is 137. The molecule has 1 saturated heterocycles. The van der Waals surface area contributed by atoms with Gasteiger partial charge in [-0.25, -0.2) is 0 Å². The zero-order chi connectivity index (χ0) is 9.68. The second kappa shape index (κ2) is 5.58. The highest BCUT2D eigenvalue weighted by atomic mass is 16.6. The number of rotatable bonds is 6. The highest BCUT2D eigenvalue weighted by Crippen LogP contribution is 2.10. The number of hydrogen-bond acceptors (Lipinski definition) is 3. The first-order valence-corrected chi connectivity index (χ1v) is 5.20. The summed E-state index contributed by atoms with van der Waals surface area (Å²) in [5.74, 6) is 0. The van der Waals surface area contributed by atoms with Gasteiger partial charge in [0, 0.05) is 6.04 Å². The standard InChI is InChI=1S/C10H21NO2/c1-4-5-11-8(2)9(3)13-10-6-12-7-10/h8-11H,4-7H2,1-3H3. The summed E-state index contributed by atoms with van der Waals surface area (Å²) in [4.78, 5) is 0. The molecule has 1 aliphatic heterocycles. The Hall–Kier alpha value is -0.120. The summed E-state index contributed by atoms with van der Waals surface area (Å²) >= 11 is 0. The molecule has 1 N–H and O–H groups in total. The molecule has 0 amide bonds. The quantitative estimate of drug-likeness (QED) is 0.677. The van der Waals surface area contributed by atoms with Gasteiger partial charge in [0.2, 0.25) is 0 Å². The van der Waals surface area contributed by atoms with Crippen LogP contribution in [0.3, 0.4) is 0 Å². The third-order valence-corrected chi connectivity index (χ3v) is 2.44. The highest BCUT2D eigenvalue weighted by molar-refractivity contribution is 4.73. The first-order valence-electron chi connectivity index (χ1n) is 5.20. The van der Waals surface area contributed by atoms with E-state index >= 15 is 0 Å². The van der Waals surface area contributed by atoms with E-state index < -0.39 is 0 Å². The Balaban J connectivity index is 2.09. The molecule has 3 heteroatoms. The van der Waals surface area contributed by atoms with Gasteiger partial charge in [0.1, 0.15) is 6.10 Å². The molecule has 1 heterocycles. The van der Waals surface area contributed by atoms with Gasteiger partial charge in [0.15, 0.2) is 0 Å². The average Bonchev–Trinajstić information content (AvgIpc) is 2.06. The molecule has 1 fully saturated rings. The fourth-order valence-electron chi connectivity index (χ4n) is 1.25. The minimum Gasteiger partial charge on any atom is -0.376 e. The second-order valence-corrected chi connectivity index (χ2v) is 3.74. The highest BCUT2D eigenvalue weighted by Gasteiger charge is 2.23. The van der Waals surface area contributed by atoms with Crippen molar-refractivity contribution in [2.24, 2.45) is 0 Å². The molecule has 0 aromatic carbocycles. The lowest BCUT2D eigenvalue weighted by atomic mass is 10.2. The SMILES string of the molecule is CCCNC(C)C(C)OC1COC1. The minimum absolute atomic E-state index is 0.278. The van der Waals surface area contributed by atoms with Crippen LogP contribution in [0.5, 0.6) is 0 Å². The van der Waals surface area contributed by atoms with E-state index in [1.807, 2.05) is 0 Å². The lowest BCUT2D eigenvalue weighted by Gasteiger charge is -2.31. The van der Waals surface area contributed by atoms with Crippen molar-refractivity contribution >= 4 is 0 Å². The Labute approximate surface area is 80.8 Å². The maximum absolute atomic E-state index is 5.76. The zero-order valence-electron chi connectivity index (χ0n) is 8.88. The van der Waals surface area contributed by atoms with Gasteiger partial charge in [-0.1, -0.05) is 6.92 Å². The van der Waals surface area contributed by atoms with E-state index in [9.17, 15) is 0 Å². The van der Waals surface area contributed by atoms with E-state index in [2.05, 4.69) is 26.1 Å². The molecule has 0 spiro atoms. The molecule has 3 nitrogen and oxygen atoms in total. The molecular weight excluding hydrogens is 166 g/mol. The van der Waals surface area contributed by atoms with Gasteiger partial charge in [-0.05, 0) is 26.8 Å². The molecule has 1 rings (SSSR count). The zero-order valence-corrected chi connectivity index (χ0v) is 8.88. The van der Waals surface area contributed by atoms with Crippen molar-refractivity contribution in [1.82, 2.24) is 5.32 Å². The summed E-state index contributed by atoms with van der Waals surface area (Å²) in [5.41, 5.74) is 0. The van der Waals surface area contributed by atoms with Gasteiger partial charge in [0.25, 0.3) is 0 Å². The molecule has 13 heavy (non-hydrogen) atoms. The summed E-state index contributed by atoms with van der Waals surface area (Å²) in [7, 11) is 0. The van der Waals surface area contributed by atoms with E-state index in [4.69, 9.17) is 9.47 Å². The van der Waals surface area contributed by atoms with Crippen LogP contribution in [0.15, 0.2) is 0 Å². The Morgan fingerprint density at radius 2 is 2.15 bits per heavy atom. The number of hydrogen-bond donors (Lipinski definition) is 1. The molecule has 0 bridgehead atoms.